The van der Waals surface area contributed by atoms with Gasteiger partial charge in [-0.2, -0.15) is 0 Å². The monoisotopic (exact) mass is 633 g/mol. The van der Waals surface area contributed by atoms with Crippen molar-refractivity contribution in [2.75, 3.05) is 0 Å². The second-order valence-electron chi connectivity index (χ2n) is 12.1. The average Bonchev–Trinajstić information content (AvgIpc) is 3.80. The predicted octanol–water partition coefficient (Wildman–Crippen LogP) is 13.4. The Morgan fingerprint density at radius 3 is 1.79 bits per heavy atom. The molecule has 0 fully saturated rings. The standard InChI is InChI=1S/C44H27NS2/c1-3-12-28(13-4-1)29-22-24-34-35-25-23-30(27-41(35)46-40(34)26-29)32-16-7-8-17-33(32)36-19-11-20-38-42-44(47-43(36)38)37-18-9-10-21-39(37)45(42)31-14-5-2-6-15-31/h1-27H. The zero-order valence-corrected chi connectivity index (χ0v) is 27.0. The van der Waals surface area contributed by atoms with Crippen molar-refractivity contribution >= 4 is 74.1 Å². The molecule has 0 saturated carbocycles. The highest BCUT2D eigenvalue weighted by molar-refractivity contribution is 7.27. The Labute approximate surface area is 280 Å². The minimum Gasteiger partial charge on any atom is -0.308 e. The average molecular weight is 634 g/mol. The van der Waals surface area contributed by atoms with Gasteiger partial charge in [0.05, 0.1) is 15.7 Å². The van der Waals surface area contributed by atoms with E-state index in [1.165, 1.54) is 90.4 Å². The molecule has 0 aliphatic heterocycles. The topological polar surface area (TPSA) is 4.93 Å². The van der Waals surface area contributed by atoms with Crippen molar-refractivity contribution < 1.29 is 0 Å². The first-order chi connectivity index (χ1) is 23.3. The lowest BCUT2D eigenvalue weighted by molar-refractivity contribution is 1.19. The van der Waals surface area contributed by atoms with Gasteiger partial charge in [-0.05, 0) is 58.1 Å². The quantitative estimate of drug-likeness (QED) is 0.182. The molecular weight excluding hydrogens is 607 g/mol. The zero-order chi connectivity index (χ0) is 30.9. The van der Waals surface area contributed by atoms with Crippen molar-refractivity contribution in [2.24, 2.45) is 0 Å². The van der Waals surface area contributed by atoms with Gasteiger partial charge in [-0.3, -0.25) is 0 Å². The lowest BCUT2D eigenvalue weighted by Crippen LogP contribution is -1.93. The van der Waals surface area contributed by atoms with Crippen LogP contribution in [-0.4, -0.2) is 4.57 Å². The molecule has 1 nitrogen and oxygen atoms in total. The van der Waals surface area contributed by atoms with Gasteiger partial charge in [0, 0.05) is 46.9 Å². The molecule has 3 heterocycles. The zero-order valence-electron chi connectivity index (χ0n) is 25.4. The molecule has 3 heteroatoms. The van der Waals surface area contributed by atoms with E-state index in [0.29, 0.717) is 0 Å². The molecule has 10 aromatic rings. The largest absolute Gasteiger partial charge is 0.308 e. The molecule has 0 unspecified atom stereocenters. The molecule has 0 amide bonds. The molecule has 10 rings (SSSR count). The number of benzene rings is 7. The number of aromatic nitrogens is 1. The highest BCUT2D eigenvalue weighted by Crippen LogP contribution is 2.47. The number of thiophene rings is 2. The SMILES string of the molecule is c1ccc(-c2ccc3c(c2)sc2cc(-c4ccccc4-c4cccc5c4sc4c6ccccc6n(-c6ccccc6)c54)ccc23)cc1. The number of nitrogens with zero attached hydrogens (tertiary/aromatic N) is 1. The van der Waals surface area contributed by atoms with Gasteiger partial charge in [-0.25, -0.2) is 0 Å². The summed E-state index contributed by atoms with van der Waals surface area (Å²) in [6, 6.07) is 59.9. The molecule has 0 aliphatic rings. The number of rotatable bonds is 4. The van der Waals surface area contributed by atoms with Crippen LogP contribution in [0.2, 0.25) is 0 Å². The van der Waals surface area contributed by atoms with Crippen molar-refractivity contribution in [1.82, 2.24) is 4.57 Å². The van der Waals surface area contributed by atoms with E-state index < -0.39 is 0 Å². The van der Waals surface area contributed by atoms with E-state index >= 15 is 0 Å². The van der Waals surface area contributed by atoms with Crippen LogP contribution in [0.4, 0.5) is 0 Å². The summed E-state index contributed by atoms with van der Waals surface area (Å²) in [5.41, 5.74) is 11.3. The van der Waals surface area contributed by atoms with Gasteiger partial charge >= 0.3 is 0 Å². The molecule has 220 valence electrons. The maximum atomic E-state index is 2.44. The summed E-state index contributed by atoms with van der Waals surface area (Å²) in [5.74, 6) is 0. The first-order valence-electron chi connectivity index (χ1n) is 15.9. The fraction of sp³-hybridized carbons (Fsp3) is 0. The van der Waals surface area contributed by atoms with Gasteiger partial charge in [0.2, 0.25) is 0 Å². The van der Waals surface area contributed by atoms with E-state index in [2.05, 4.69) is 168 Å². The normalized spacial score (nSPS) is 11.8. The third kappa shape index (κ3) is 4.14. The third-order valence-corrected chi connectivity index (χ3v) is 11.8. The van der Waals surface area contributed by atoms with Crippen LogP contribution in [0.25, 0.3) is 90.4 Å². The Bertz CT molecular complexity index is 2780. The van der Waals surface area contributed by atoms with Crippen molar-refractivity contribution in [3.63, 3.8) is 0 Å². The Hall–Kier alpha value is -5.48. The molecule has 0 aliphatic carbocycles. The van der Waals surface area contributed by atoms with Gasteiger partial charge in [-0.1, -0.05) is 133 Å². The minimum atomic E-state index is 1.19. The van der Waals surface area contributed by atoms with Crippen LogP contribution in [0.15, 0.2) is 164 Å². The molecule has 0 N–H and O–H groups in total. The van der Waals surface area contributed by atoms with Crippen LogP contribution in [0.5, 0.6) is 0 Å². The molecule has 0 saturated heterocycles. The number of hydrogen-bond acceptors (Lipinski definition) is 2. The van der Waals surface area contributed by atoms with Crippen molar-refractivity contribution in [1.29, 1.82) is 0 Å². The lowest BCUT2D eigenvalue weighted by Gasteiger charge is -2.12. The summed E-state index contributed by atoms with van der Waals surface area (Å²) in [4.78, 5) is 0. The Morgan fingerprint density at radius 1 is 0.362 bits per heavy atom. The van der Waals surface area contributed by atoms with Gasteiger partial charge < -0.3 is 4.57 Å². The van der Waals surface area contributed by atoms with Crippen molar-refractivity contribution in [2.45, 2.75) is 0 Å². The second kappa shape index (κ2) is 10.5. The Balaban J connectivity index is 1.15. The van der Waals surface area contributed by atoms with E-state index in [4.69, 9.17) is 0 Å². The summed E-state index contributed by atoms with van der Waals surface area (Å²) >= 11 is 3.81. The van der Waals surface area contributed by atoms with Gasteiger partial charge in [-0.15, -0.1) is 22.7 Å². The van der Waals surface area contributed by atoms with Crippen LogP contribution in [0, 0.1) is 0 Å². The maximum Gasteiger partial charge on any atom is 0.0727 e. The third-order valence-electron chi connectivity index (χ3n) is 9.43. The van der Waals surface area contributed by atoms with E-state index in [0.717, 1.165) is 0 Å². The summed E-state index contributed by atoms with van der Waals surface area (Å²) in [6.45, 7) is 0. The number of fused-ring (bicyclic) bond motifs is 8. The van der Waals surface area contributed by atoms with Crippen LogP contribution in [-0.2, 0) is 0 Å². The van der Waals surface area contributed by atoms with Gasteiger partial charge in [0.1, 0.15) is 0 Å². The number of hydrogen-bond donors (Lipinski definition) is 0. The minimum absolute atomic E-state index is 1.19. The summed E-state index contributed by atoms with van der Waals surface area (Å²) in [5, 5.41) is 5.25. The molecule has 3 aromatic heterocycles. The van der Waals surface area contributed by atoms with Crippen LogP contribution in [0.1, 0.15) is 0 Å². The summed E-state index contributed by atoms with van der Waals surface area (Å²) in [7, 11) is 0. The summed E-state index contributed by atoms with van der Waals surface area (Å²) < 4.78 is 7.76. The van der Waals surface area contributed by atoms with E-state index in [1.807, 2.05) is 22.7 Å². The Kier molecular flexibility index (Phi) is 5.98. The number of para-hydroxylation sites is 2. The van der Waals surface area contributed by atoms with Gasteiger partial charge in [0.15, 0.2) is 0 Å². The molecular formula is C44H27NS2. The second-order valence-corrected chi connectivity index (χ2v) is 14.2. The molecule has 7 aromatic carbocycles. The Morgan fingerprint density at radius 2 is 0.979 bits per heavy atom. The van der Waals surface area contributed by atoms with Crippen LogP contribution < -0.4 is 0 Å². The molecule has 0 atom stereocenters. The fourth-order valence-electron chi connectivity index (χ4n) is 7.27. The highest BCUT2D eigenvalue weighted by Gasteiger charge is 2.20. The lowest BCUT2D eigenvalue weighted by atomic mass is 9.93. The summed E-state index contributed by atoms with van der Waals surface area (Å²) in [6.07, 6.45) is 0. The van der Waals surface area contributed by atoms with Crippen molar-refractivity contribution in [3.8, 4) is 39.1 Å². The predicted molar refractivity (Wildman–Crippen MR) is 205 cm³/mol. The van der Waals surface area contributed by atoms with E-state index in [1.54, 1.807) is 0 Å². The van der Waals surface area contributed by atoms with Crippen molar-refractivity contribution in [3.05, 3.63) is 164 Å². The first kappa shape index (κ1) is 26.7. The maximum absolute atomic E-state index is 2.44. The van der Waals surface area contributed by atoms with Crippen LogP contribution in [0.3, 0.4) is 0 Å². The first-order valence-corrected chi connectivity index (χ1v) is 17.6. The fourth-order valence-corrected chi connectivity index (χ4v) is 9.81. The molecule has 0 spiro atoms. The molecule has 0 bridgehead atoms. The van der Waals surface area contributed by atoms with E-state index in [-0.39, 0.29) is 0 Å². The highest BCUT2D eigenvalue weighted by atomic mass is 32.1. The van der Waals surface area contributed by atoms with E-state index in [9.17, 15) is 0 Å². The van der Waals surface area contributed by atoms with Crippen LogP contribution >= 0.6 is 22.7 Å². The smallest absolute Gasteiger partial charge is 0.0727 e. The molecule has 47 heavy (non-hydrogen) atoms. The van der Waals surface area contributed by atoms with Gasteiger partial charge in [0.25, 0.3) is 0 Å². The molecule has 0 radical (unpaired) electrons.